The molecule has 4 heteroatoms. The van der Waals surface area contributed by atoms with Gasteiger partial charge in [0, 0.05) is 16.5 Å². The molecule has 20 heavy (non-hydrogen) atoms. The summed E-state index contributed by atoms with van der Waals surface area (Å²) in [5.74, 6) is 1.55. The molecule has 0 aliphatic carbocycles. The second kappa shape index (κ2) is 7.70. The van der Waals surface area contributed by atoms with E-state index in [1.807, 2.05) is 36.4 Å². The molecule has 0 saturated carbocycles. The SMILES string of the molecule is O=Cc1cc(OCCCOc2ccccc2)ccc1Br. The lowest BCUT2D eigenvalue weighted by atomic mass is 10.2. The van der Waals surface area contributed by atoms with Gasteiger partial charge in [-0.1, -0.05) is 34.1 Å². The number of hydrogen-bond acceptors (Lipinski definition) is 3. The molecule has 0 heterocycles. The van der Waals surface area contributed by atoms with Crippen LogP contribution in [0.15, 0.2) is 53.0 Å². The van der Waals surface area contributed by atoms with E-state index < -0.39 is 0 Å². The van der Waals surface area contributed by atoms with Gasteiger partial charge in [-0.15, -0.1) is 0 Å². The van der Waals surface area contributed by atoms with Crippen molar-refractivity contribution >= 4 is 22.2 Å². The molecule has 0 fully saturated rings. The molecule has 104 valence electrons. The Bertz CT molecular complexity index is 555. The number of carbonyl (C=O) groups is 1. The Kier molecular flexibility index (Phi) is 5.62. The molecule has 0 aromatic heterocycles. The van der Waals surface area contributed by atoms with Crippen molar-refractivity contribution < 1.29 is 14.3 Å². The summed E-state index contributed by atoms with van der Waals surface area (Å²) in [5, 5.41) is 0. The third kappa shape index (κ3) is 4.38. The van der Waals surface area contributed by atoms with Crippen LogP contribution in [0.25, 0.3) is 0 Å². The van der Waals surface area contributed by atoms with Gasteiger partial charge in [-0.3, -0.25) is 4.79 Å². The Hall–Kier alpha value is -1.81. The highest BCUT2D eigenvalue weighted by Crippen LogP contribution is 2.21. The van der Waals surface area contributed by atoms with Crippen LogP contribution in [0.2, 0.25) is 0 Å². The normalized spacial score (nSPS) is 10.1. The Morgan fingerprint density at radius 2 is 1.65 bits per heavy atom. The number of para-hydroxylation sites is 1. The van der Waals surface area contributed by atoms with Crippen LogP contribution in [0, 0.1) is 0 Å². The summed E-state index contributed by atoms with van der Waals surface area (Å²) in [6.07, 6.45) is 1.58. The number of aldehydes is 1. The van der Waals surface area contributed by atoms with Crippen LogP contribution in [0.4, 0.5) is 0 Å². The molecule has 0 saturated heterocycles. The second-order valence-electron chi connectivity index (χ2n) is 4.16. The summed E-state index contributed by atoms with van der Waals surface area (Å²) in [6, 6.07) is 15.0. The Labute approximate surface area is 126 Å². The molecule has 2 aromatic rings. The van der Waals surface area contributed by atoms with E-state index in [2.05, 4.69) is 15.9 Å². The molecule has 0 amide bonds. The van der Waals surface area contributed by atoms with Gasteiger partial charge < -0.3 is 9.47 Å². The fourth-order valence-electron chi connectivity index (χ4n) is 1.66. The highest BCUT2D eigenvalue weighted by atomic mass is 79.9. The van der Waals surface area contributed by atoms with Crippen LogP contribution in [0.1, 0.15) is 16.8 Å². The van der Waals surface area contributed by atoms with Crippen molar-refractivity contribution in [3.05, 3.63) is 58.6 Å². The topological polar surface area (TPSA) is 35.5 Å². The lowest BCUT2D eigenvalue weighted by Gasteiger charge is -2.08. The Morgan fingerprint density at radius 1 is 0.950 bits per heavy atom. The van der Waals surface area contributed by atoms with Gasteiger partial charge in [-0.25, -0.2) is 0 Å². The third-order valence-corrected chi connectivity index (χ3v) is 3.39. The minimum atomic E-state index is 0.548. The summed E-state index contributed by atoms with van der Waals surface area (Å²) in [4.78, 5) is 10.8. The van der Waals surface area contributed by atoms with Gasteiger partial charge in [0.05, 0.1) is 13.2 Å². The van der Waals surface area contributed by atoms with Gasteiger partial charge in [-0.05, 0) is 30.3 Å². The zero-order valence-corrected chi connectivity index (χ0v) is 12.5. The first kappa shape index (κ1) is 14.6. The molecule has 0 atom stereocenters. The quantitative estimate of drug-likeness (QED) is 0.564. The molecule has 0 aliphatic rings. The summed E-state index contributed by atoms with van der Waals surface area (Å²) < 4.78 is 11.9. The van der Waals surface area contributed by atoms with E-state index in [0.29, 0.717) is 24.5 Å². The molecule has 2 aromatic carbocycles. The molecule has 0 spiro atoms. The number of ether oxygens (including phenoxy) is 2. The van der Waals surface area contributed by atoms with Crippen LogP contribution in [-0.2, 0) is 0 Å². The number of halogens is 1. The average molecular weight is 335 g/mol. The van der Waals surface area contributed by atoms with E-state index in [-0.39, 0.29) is 0 Å². The maximum atomic E-state index is 10.8. The van der Waals surface area contributed by atoms with E-state index in [1.54, 1.807) is 12.1 Å². The largest absolute Gasteiger partial charge is 0.493 e. The number of hydrogen-bond donors (Lipinski definition) is 0. The van der Waals surface area contributed by atoms with Crippen molar-refractivity contribution in [1.29, 1.82) is 0 Å². The maximum absolute atomic E-state index is 10.8. The van der Waals surface area contributed by atoms with E-state index in [1.165, 1.54) is 0 Å². The highest BCUT2D eigenvalue weighted by molar-refractivity contribution is 9.10. The average Bonchev–Trinajstić information content (AvgIpc) is 2.49. The highest BCUT2D eigenvalue weighted by Gasteiger charge is 2.01. The summed E-state index contributed by atoms with van der Waals surface area (Å²) in [5.41, 5.74) is 0.586. The van der Waals surface area contributed by atoms with Crippen LogP contribution in [0.3, 0.4) is 0 Å². The van der Waals surface area contributed by atoms with E-state index in [4.69, 9.17) is 9.47 Å². The van der Waals surface area contributed by atoms with Crippen molar-refractivity contribution in [3.63, 3.8) is 0 Å². The number of benzene rings is 2. The predicted octanol–water partition coefficient (Wildman–Crippen LogP) is 4.11. The van der Waals surface area contributed by atoms with Crippen molar-refractivity contribution in [3.8, 4) is 11.5 Å². The monoisotopic (exact) mass is 334 g/mol. The number of carbonyl (C=O) groups excluding carboxylic acids is 1. The van der Waals surface area contributed by atoms with Gasteiger partial charge in [0.25, 0.3) is 0 Å². The first-order valence-electron chi connectivity index (χ1n) is 6.35. The van der Waals surface area contributed by atoms with E-state index in [0.717, 1.165) is 22.9 Å². The van der Waals surface area contributed by atoms with Crippen LogP contribution < -0.4 is 9.47 Å². The smallest absolute Gasteiger partial charge is 0.151 e. The summed E-state index contributed by atoms with van der Waals surface area (Å²) >= 11 is 3.30. The fraction of sp³-hybridized carbons (Fsp3) is 0.188. The van der Waals surface area contributed by atoms with Crippen molar-refractivity contribution in [1.82, 2.24) is 0 Å². The molecule has 0 aliphatic heterocycles. The van der Waals surface area contributed by atoms with Gasteiger partial charge >= 0.3 is 0 Å². The fourth-order valence-corrected chi connectivity index (χ4v) is 2.00. The third-order valence-electron chi connectivity index (χ3n) is 2.66. The minimum Gasteiger partial charge on any atom is -0.493 e. The van der Waals surface area contributed by atoms with Crippen molar-refractivity contribution in [2.24, 2.45) is 0 Å². The molecule has 0 radical (unpaired) electrons. The van der Waals surface area contributed by atoms with Gasteiger partial charge in [0.15, 0.2) is 6.29 Å². The van der Waals surface area contributed by atoms with Crippen LogP contribution >= 0.6 is 15.9 Å². The van der Waals surface area contributed by atoms with Gasteiger partial charge in [0.1, 0.15) is 11.5 Å². The molecule has 0 unspecified atom stereocenters. The lowest BCUT2D eigenvalue weighted by Crippen LogP contribution is -2.05. The maximum Gasteiger partial charge on any atom is 0.151 e. The van der Waals surface area contributed by atoms with Crippen molar-refractivity contribution in [2.75, 3.05) is 13.2 Å². The first-order chi connectivity index (χ1) is 9.79. The second-order valence-corrected chi connectivity index (χ2v) is 5.02. The molecular formula is C16H15BrO3. The molecule has 3 nitrogen and oxygen atoms in total. The summed E-state index contributed by atoms with van der Waals surface area (Å²) in [6.45, 7) is 1.15. The lowest BCUT2D eigenvalue weighted by molar-refractivity contribution is 0.112. The van der Waals surface area contributed by atoms with Gasteiger partial charge in [0.2, 0.25) is 0 Å². The zero-order chi connectivity index (χ0) is 14.2. The Morgan fingerprint density at radius 3 is 2.35 bits per heavy atom. The molecule has 2 rings (SSSR count). The molecule has 0 N–H and O–H groups in total. The van der Waals surface area contributed by atoms with Crippen LogP contribution in [-0.4, -0.2) is 19.5 Å². The predicted molar refractivity (Wildman–Crippen MR) is 81.6 cm³/mol. The minimum absolute atomic E-state index is 0.548. The first-order valence-corrected chi connectivity index (χ1v) is 7.14. The summed E-state index contributed by atoms with van der Waals surface area (Å²) in [7, 11) is 0. The molecular weight excluding hydrogens is 320 g/mol. The van der Waals surface area contributed by atoms with Crippen molar-refractivity contribution in [2.45, 2.75) is 6.42 Å². The van der Waals surface area contributed by atoms with E-state index in [9.17, 15) is 4.79 Å². The number of rotatable bonds is 7. The van der Waals surface area contributed by atoms with Gasteiger partial charge in [-0.2, -0.15) is 0 Å². The van der Waals surface area contributed by atoms with E-state index >= 15 is 0 Å². The standard InChI is InChI=1S/C16H15BrO3/c17-16-8-7-15(11-13(16)12-18)20-10-4-9-19-14-5-2-1-3-6-14/h1-3,5-8,11-12H,4,9-10H2. The van der Waals surface area contributed by atoms with Crippen LogP contribution in [0.5, 0.6) is 11.5 Å². The molecule has 0 bridgehead atoms. The Balaban J connectivity index is 1.72. The zero-order valence-electron chi connectivity index (χ0n) is 10.9.